The van der Waals surface area contributed by atoms with E-state index in [1.54, 1.807) is 0 Å². The van der Waals surface area contributed by atoms with Crippen molar-refractivity contribution >= 4 is 0 Å². The Labute approximate surface area is 83.9 Å². The Hall–Kier alpha value is -0.940. The van der Waals surface area contributed by atoms with Gasteiger partial charge in [-0.2, -0.15) is 0 Å². The summed E-state index contributed by atoms with van der Waals surface area (Å²) in [6.07, 6.45) is 0.958. The molecular weight excluding hydrogens is 178 g/mol. The normalized spacial score (nSPS) is 20.9. The fourth-order valence-electron chi connectivity index (χ4n) is 1.88. The second-order valence-electron chi connectivity index (χ2n) is 3.63. The molecule has 2 heterocycles. The molecule has 78 valence electrons. The van der Waals surface area contributed by atoms with E-state index in [0.717, 1.165) is 37.7 Å². The van der Waals surface area contributed by atoms with E-state index in [4.69, 9.17) is 0 Å². The van der Waals surface area contributed by atoms with E-state index in [9.17, 15) is 0 Å². The molecule has 1 aromatic heterocycles. The molecule has 0 amide bonds. The molecular formula is C9H17N5. The lowest BCUT2D eigenvalue weighted by atomic mass is 10.2. The topological polar surface area (TPSA) is 54.8 Å². The Morgan fingerprint density at radius 3 is 3.14 bits per heavy atom. The molecule has 1 aliphatic heterocycles. The molecule has 0 aliphatic carbocycles. The van der Waals surface area contributed by atoms with Crippen molar-refractivity contribution < 1.29 is 0 Å². The molecule has 5 heteroatoms. The fourth-order valence-corrected chi connectivity index (χ4v) is 1.88. The van der Waals surface area contributed by atoms with Gasteiger partial charge in [-0.1, -0.05) is 6.92 Å². The highest BCUT2D eigenvalue weighted by molar-refractivity contribution is 5.00. The van der Waals surface area contributed by atoms with E-state index >= 15 is 0 Å². The Morgan fingerprint density at radius 2 is 2.43 bits per heavy atom. The van der Waals surface area contributed by atoms with Crippen LogP contribution in [0.25, 0.3) is 0 Å². The smallest absolute Gasteiger partial charge is 0.147 e. The van der Waals surface area contributed by atoms with Crippen LogP contribution in [0.3, 0.4) is 0 Å². The zero-order valence-corrected chi connectivity index (χ0v) is 8.75. The quantitative estimate of drug-likeness (QED) is 0.685. The lowest BCUT2D eigenvalue weighted by Gasteiger charge is -2.25. The molecule has 1 unspecified atom stereocenters. The van der Waals surface area contributed by atoms with Crippen molar-refractivity contribution in [3.63, 3.8) is 0 Å². The number of rotatable bonds is 3. The van der Waals surface area contributed by atoms with Gasteiger partial charge in [0.25, 0.3) is 0 Å². The second-order valence-corrected chi connectivity index (χ2v) is 3.63. The van der Waals surface area contributed by atoms with Crippen molar-refractivity contribution in [2.75, 3.05) is 13.6 Å². The van der Waals surface area contributed by atoms with Crippen LogP contribution in [-0.2, 0) is 19.5 Å². The molecule has 1 atom stereocenters. The summed E-state index contributed by atoms with van der Waals surface area (Å²) in [5.41, 5.74) is 0. The highest BCUT2D eigenvalue weighted by atomic mass is 15.3. The monoisotopic (exact) mass is 195 g/mol. The van der Waals surface area contributed by atoms with Crippen LogP contribution in [0, 0.1) is 0 Å². The third kappa shape index (κ3) is 1.65. The number of aryl methyl sites for hydroxylation is 1. The van der Waals surface area contributed by atoms with Crippen LogP contribution < -0.4 is 10.6 Å². The maximum Gasteiger partial charge on any atom is 0.147 e. The molecule has 0 radical (unpaired) electrons. The van der Waals surface area contributed by atoms with E-state index in [1.807, 2.05) is 7.05 Å². The van der Waals surface area contributed by atoms with Crippen molar-refractivity contribution in [3.8, 4) is 0 Å². The van der Waals surface area contributed by atoms with Crippen LogP contribution in [0.5, 0.6) is 0 Å². The third-order valence-corrected chi connectivity index (χ3v) is 2.62. The van der Waals surface area contributed by atoms with E-state index in [2.05, 4.69) is 32.3 Å². The third-order valence-electron chi connectivity index (χ3n) is 2.62. The van der Waals surface area contributed by atoms with Crippen LogP contribution in [0.15, 0.2) is 0 Å². The number of hydrogen-bond acceptors (Lipinski definition) is 4. The lowest BCUT2D eigenvalue weighted by Crippen LogP contribution is -2.44. The molecule has 0 spiro atoms. The fraction of sp³-hybridized carbons (Fsp3) is 0.778. The summed E-state index contributed by atoms with van der Waals surface area (Å²) in [4.78, 5) is 0. The van der Waals surface area contributed by atoms with E-state index in [-0.39, 0.29) is 0 Å². The van der Waals surface area contributed by atoms with E-state index in [1.165, 1.54) is 0 Å². The molecule has 0 fully saturated rings. The first kappa shape index (κ1) is 9.61. The standard InChI is InChI=1S/C9H17N5/c1-3-8-12-13-9-5-11-7(4-10-2)6-14(8)9/h7,10-11H,3-6H2,1-2H3. The van der Waals surface area contributed by atoms with Gasteiger partial charge in [0.15, 0.2) is 0 Å². The zero-order chi connectivity index (χ0) is 9.97. The average molecular weight is 195 g/mol. The van der Waals surface area contributed by atoms with Gasteiger partial charge in [-0.15, -0.1) is 10.2 Å². The number of nitrogens with one attached hydrogen (secondary N) is 2. The summed E-state index contributed by atoms with van der Waals surface area (Å²) < 4.78 is 2.23. The van der Waals surface area contributed by atoms with Gasteiger partial charge in [0.05, 0.1) is 6.54 Å². The maximum absolute atomic E-state index is 4.16. The largest absolute Gasteiger partial charge is 0.318 e. The molecule has 5 nitrogen and oxygen atoms in total. The molecule has 2 rings (SSSR count). The number of hydrogen-bond donors (Lipinski definition) is 2. The Morgan fingerprint density at radius 1 is 1.57 bits per heavy atom. The van der Waals surface area contributed by atoms with Gasteiger partial charge in [-0.3, -0.25) is 0 Å². The Kier molecular flexibility index (Phi) is 2.79. The molecule has 0 saturated heterocycles. The van der Waals surface area contributed by atoms with Gasteiger partial charge in [0.2, 0.25) is 0 Å². The van der Waals surface area contributed by atoms with Crippen LogP contribution in [0.4, 0.5) is 0 Å². The van der Waals surface area contributed by atoms with Gasteiger partial charge >= 0.3 is 0 Å². The summed E-state index contributed by atoms with van der Waals surface area (Å²) >= 11 is 0. The lowest BCUT2D eigenvalue weighted by molar-refractivity contribution is 0.372. The summed E-state index contributed by atoms with van der Waals surface area (Å²) in [6.45, 7) is 4.92. The van der Waals surface area contributed by atoms with Crippen molar-refractivity contribution in [2.24, 2.45) is 0 Å². The molecule has 1 aromatic rings. The highest BCUT2D eigenvalue weighted by Crippen LogP contribution is 2.09. The molecule has 2 N–H and O–H groups in total. The van der Waals surface area contributed by atoms with Crippen molar-refractivity contribution in [1.29, 1.82) is 0 Å². The van der Waals surface area contributed by atoms with E-state index in [0.29, 0.717) is 6.04 Å². The number of likely N-dealkylation sites (N-methyl/N-ethyl adjacent to an activating group) is 1. The van der Waals surface area contributed by atoms with Crippen LogP contribution in [0.1, 0.15) is 18.6 Å². The minimum absolute atomic E-state index is 0.494. The van der Waals surface area contributed by atoms with Gasteiger partial charge in [0.1, 0.15) is 11.6 Å². The van der Waals surface area contributed by atoms with Crippen LogP contribution in [0.2, 0.25) is 0 Å². The van der Waals surface area contributed by atoms with Crippen molar-refractivity contribution in [1.82, 2.24) is 25.4 Å². The molecule has 0 bridgehead atoms. The minimum atomic E-state index is 0.494. The summed E-state index contributed by atoms with van der Waals surface area (Å²) in [7, 11) is 1.98. The SMILES string of the molecule is CCc1nnc2n1CC(CNC)NC2. The van der Waals surface area contributed by atoms with Gasteiger partial charge in [-0.25, -0.2) is 0 Å². The second kappa shape index (κ2) is 4.06. The first-order valence-electron chi connectivity index (χ1n) is 5.14. The van der Waals surface area contributed by atoms with Gasteiger partial charge in [-0.05, 0) is 7.05 Å². The summed E-state index contributed by atoms with van der Waals surface area (Å²) in [5, 5.41) is 14.9. The molecule has 14 heavy (non-hydrogen) atoms. The minimum Gasteiger partial charge on any atom is -0.318 e. The van der Waals surface area contributed by atoms with Gasteiger partial charge in [0, 0.05) is 25.6 Å². The van der Waals surface area contributed by atoms with Crippen molar-refractivity contribution in [2.45, 2.75) is 32.5 Å². The van der Waals surface area contributed by atoms with E-state index < -0.39 is 0 Å². The number of nitrogens with zero attached hydrogens (tertiary/aromatic N) is 3. The first-order valence-corrected chi connectivity index (χ1v) is 5.14. The molecule has 1 aliphatic rings. The molecule has 0 saturated carbocycles. The molecule has 0 aromatic carbocycles. The van der Waals surface area contributed by atoms with Gasteiger partial charge < -0.3 is 15.2 Å². The Balaban J connectivity index is 2.14. The van der Waals surface area contributed by atoms with Crippen LogP contribution in [-0.4, -0.2) is 34.4 Å². The average Bonchev–Trinajstić information content (AvgIpc) is 2.60. The number of fused-ring (bicyclic) bond motifs is 1. The number of aromatic nitrogens is 3. The summed E-state index contributed by atoms with van der Waals surface area (Å²) in [5.74, 6) is 2.16. The predicted octanol–water partition coefficient (Wildman–Crippen LogP) is -0.468. The van der Waals surface area contributed by atoms with Crippen LogP contribution >= 0.6 is 0 Å². The highest BCUT2D eigenvalue weighted by Gasteiger charge is 2.20. The maximum atomic E-state index is 4.16. The first-order chi connectivity index (χ1) is 6.85. The predicted molar refractivity (Wildman–Crippen MR) is 54.0 cm³/mol. The summed E-state index contributed by atoms with van der Waals surface area (Å²) in [6, 6.07) is 0.494. The van der Waals surface area contributed by atoms with Crippen molar-refractivity contribution in [3.05, 3.63) is 11.6 Å². The Bertz CT molecular complexity index is 293. The zero-order valence-electron chi connectivity index (χ0n) is 8.75.